The van der Waals surface area contributed by atoms with Crippen LogP contribution < -0.4 is 10.2 Å². The topological polar surface area (TPSA) is 52.6 Å². The fourth-order valence-corrected chi connectivity index (χ4v) is 2.95. The van der Waals surface area contributed by atoms with Crippen molar-refractivity contribution in [2.75, 3.05) is 24.6 Å². The number of para-hydroxylation sites is 1. The molecule has 1 aliphatic heterocycles. The number of piperidine rings is 1. The first-order chi connectivity index (χ1) is 10.4. The first-order valence-corrected chi connectivity index (χ1v) is 8.12. The minimum atomic E-state index is -0.374. The number of nitrogens with zero attached hydrogens (tertiary/aromatic N) is 1. The van der Waals surface area contributed by atoms with Crippen LogP contribution in [0.1, 0.15) is 33.6 Å². The van der Waals surface area contributed by atoms with Crippen LogP contribution in [0.2, 0.25) is 0 Å². The molecule has 122 valence electrons. The summed E-state index contributed by atoms with van der Waals surface area (Å²) in [6, 6.07) is 10.4. The second-order valence-corrected chi connectivity index (χ2v) is 7.27. The molecule has 1 aliphatic rings. The summed E-state index contributed by atoms with van der Waals surface area (Å²) in [5.74, 6) is 0.499. The van der Waals surface area contributed by atoms with Crippen molar-refractivity contribution in [3.8, 4) is 0 Å². The highest BCUT2D eigenvalue weighted by Crippen LogP contribution is 2.26. The quantitative estimate of drug-likeness (QED) is 0.898. The fraction of sp³-hybridized carbons (Fsp3) is 0.611. The van der Waals surface area contributed by atoms with Crippen LogP contribution in [-0.2, 0) is 4.79 Å². The van der Waals surface area contributed by atoms with E-state index >= 15 is 0 Å². The molecule has 1 saturated heterocycles. The second-order valence-electron chi connectivity index (χ2n) is 7.27. The van der Waals surface area contributed by atoms with E-state index in [0.29, 0.717) is 5.92 Å². The van der Waals surface area contributed by atoms with Crippen molar-refractivity contribution in [3.63, 3.8) is 0 Å². The first kappa shape index (κ1) is 16.8. The van der Waals surface area contributed by atoms with E-state index in [1.807, 2.05) is 39.0 Å². The molecular weight excluding hydrogens is 276 g/mol. The summed E-state index contributed by atoms with van der Waals surface area (Å²) in [6.07, 6.45) is 1.72. The zero-order chi connectivity index (χ0) is 16.2. The van der Waals surface area contributed by atoms with Crippen LogP contribution in [0.4, 0.5) is 5.69 Å². The Labute approximate surface area is 133 Å². The van der Waals surface area contributed by atoms with Gasteiger partial charge >= 0.3 is 0 Å². The number of amides is 1. The van der Waals surface area contributed by atoms with Gasteiger partial charge in [-0.2, -0.15) is 0 Å². The van der Waals surface area contributed by atoms with Crippen LogP contribution in [0.5, 0.6) is 0 Å². The van der Waals surface area contributed by atoms with Crippen molar-refractivity contribution in [1.82, 2.24) is 5.32 Å². The molecule has 1 aromatic rings. The van der Waals surface area contributed by atoms with Crippen LogP contribution in [0.15, 0.2) is 30.3 Å². The summed E-state index contributed by atoms with van der Waals surface area (Å²) < 4.78 is 0. The van der Waals surface area contributed by atoms with Crippen LogP contribution in [-0.4, -0.2) is 36.8 Å². The van der Waals surface area contributed by atoms with Crippen molar-refractivity contribution in [1.29, 1.82) is 0 Å². The normalized spacial score (nSPS) is 22.5. The van der Waals surface area contributed by atoms with Crippen molar-refractivity contribution in [2.24, 2.45) is 11.3 Å². The lowest BCUT2D eigenvalue weighted by Crippen LogP contribution is -2.53. The lowest BCUT2D eigenvalue weighted by molar-refractivity contribution is -0.129. The van der Waals surface area contributed by atoms with Gasteiger partial charge in [0.25, 0.3) is 0 Å². The molecule has 2 N–H and O–H groups in total. The highest BCUT2D eigenvalue weighted by molar-refractivity contribution is 5.81. The Morgan fingerprint density at radius 2 is 1.95 bits per heavy atom. The monoisotopic (exact) mass is 304 g/mol. The molecule has 0 radical (unpaired) electrons. The minimum absolute atomic E-state index is 0.0927. The average molecular weight is 304 g/mol. The Morgan fingerprint density at radius 1 is 1.27 bits per heavy atom. The standard InChI is InChI=1S/C18H28N2O2/c1-18(2,3)17(22)19-15-11-14(9-10-21)12-20(13-15)16-7-5-4-6-8-16/h4-8,14-15,21H,9-13H2,1-3H3,(H,19,22). The third-order valence-corrected chi connectivity index (χ3v) is 4.21. The summed E-state index contributed by atoms with van der Waals surface area (Å²) in [4.78, 5) is 14.6. The maximum Gasteiger partial charge on any atom is 0.225 e. The number of carbonyl (C=O) groups excluding carboxylic acids is 1. The Kier molecular flexibility index (Phi) is 5.46. The van der Waals surface area contributed by atoms with Crippen LogP contribution in [0.3, 0.4) is 0 Å². The largest absolute Gasteiger partial charge is 0.396 e. The van der Waals surface area contributed by atoms with Crippen LogP contribution in [0, 0.1) is 11.3 Å². The maximum atomic E-state index is 12.3. The Morgan fingerprint density at radius 3 is 2.55 bits per heavy atom. The van der Waals surface area contributed by atoms with Gasteiger partial charge < -0.3 is 15.3 Å². The molecule has 22 heavy (non-hydrogen) atoms. The van der Waals surface area contributed by atoms with Gasteiger partial charge in [-0.25, -0.2) is 0 Å². The van der Waals surface area contributed by atoms with Gasteiger partial charge in [0.05, 0.1) is 0 Å². The van der Waals surface area contributed by atoms with Crippen molar-refractivity contribution in [2.45, 2.75) is 39.7 Å². The Bertz CT molecular complexity index is 482. The van der Waals surface area contributed by atoms with E-state index in [1.165, 1.54) is 5.69 Å². The zero-order valence-corrected chi connectivity index (χ0v) is 13.9. The lowest BCUT2D eigenvalue weighted by atomic mass is 9.89. The molecule has 0 bridgehead atoms. The second kappa shape index (κ2) is 7.14. The highest BCUT2D eigenvalue weighted by atomic mass is 16.3. The first-order valence-electron chi connectivity index (χ1n) is 8.12. The lowest BCUT2D eigenvalue weighted by Gasteiger charge is -2.40. The van der Waals surface area contributed by atoms with Crippen LogP contribution >= 0.6 is 0 Å². The summed E-state index contributed by atoms with van der Waals surface area (Å²) in [5.41, 5.74) is 0.807. The third kappa shape index (κ3) is 4.47. The molecule has 4 nitrogen and oxygen atoms in total. The zero-order valence-electron chi connectivity index (χ0n) is 13.9. The van der Waals surface area contributed by atoms with Gasteiger partial charge in [0.2, 0.25) is 5.91 Å². The average Bonchev–Trinajstić information content (AvgIpc) is 2.47. The molecular formula is C18H28N2O2. The SMILES string of the molecule is CC(C)(C)C(=O)NC1CC(CCO)CN(c2ccccc2)C1. The molecule has 1 aromatic carbocycles. The van der Waals surface area contributed by atoms with E-state index in [4.69, 9.17) is 0 Å². The van der Waals surface area contributed by atoms with Crippen molar-refractivity contribution < 1.29 is 9.90 Å². The molecule has 2 unspecified atom stereocenters. The fourth-order valence-electron chi connectivity index (χ4n) is 2.95. The van der Waals surface area contributed by atoms with E-state index < -0.39 is 0 Å². The maximum absolute atomic E-state index is 12.3. The van der Waals surface area contributed by atoms with E-state index in [9.17, 15) is 9.90 Å². The van der Waals surface area contributed by atoms with Gasteiger partial charge in [-0.3, -0.25) is 4.79 Å². The van der Waals surface area contributed by atoms with E-state index in [-0.39, 0.29) is 24.0 Å². The van der Waals surface area contributed by atoms with E-state index in [1.54, 1.807) is 0 Å². The van der Waals surface area contributed by atoms with Gasteiger partial charge in [0, 0.05) is 36.8 Å². The predicted octanol–water partition coefficient (Wildman–Crippen LogP) is 2.43. The number of benzene rings is 1. The summed E-state index contributed by atoms with van der Waals surface area (Å²) in [6.45, 7) is 7.77. The molecule has 1 heterocycles. The smallest absolute Gasteiger partial charge is 0.225 e. The summed E-state index contributed by atoms with van der Waals surface area (Å²) in [7, 11) is 0. The van der Waals surface area contributed by atoms with Gasteiger partial charge in [0.15, 0.2) is 0 Å². The van der Waals surface area contributed by atoms with Gasteiger partial charge in [-0.1, -0.05) is 39.0 Å². The minimum Gasteiger partial charge on any atom is -0.396 e. The molecule has 2 atom stereocenters. The molecule has 0 aromatic heterocycles. The van der Waals surface area contributed by atoms with Gasteiger partial charge in [-0.05, 0) is 30.9 Å². The van der Waals surface area contributed by atoms with Crippen molar-refractivity contribution in [3.05, 3.63) is 30.3 Å². The summed E-state index contributed by atoms with van der Waals surface area (Å²) >= 11 is 0. The molecule has 2 rings (SSSR count). The van der Waals surface area contributed by atoms with Crippen LogP contribution in [0.25, 0.3) is 0 Å². The Hall–Kier alpha value is -1.55. The third-order valence-electron chi connectivity index (χ3n) is 4.21. The predicted molar refractivity (Wildman–Crippen MR) is 89.9 cm³/mol. The number of carbonyl (C=O) groups is 1. The molecule has 0 spiro atoms. The summed E-state index contributed by atoms with van der Waals surface area (Å²) in [5, 5.41) is 12.5. The van der Waals surface area contributed by atoms with Crippen molar-refractivity contribution >= 4 is 11.6 Å². The van der Waals surface area contributed by atoms with Gasteiger partial charge in [-0.15, -0.1) is 0 Å². The number of hydrogen-bond donors (Lipinski definition) is 2. The van der Waals surface area contributed by atoms with E-state index in [2.05, 4.69) is 22.3 Å². The molecule has 0 aliphatic carbocycles. The molecule has 1 fully saturated rings. The number of rotatable bonds is 4. The van der Waals surface area contributed by atoms with Gasteiger partial charge in [0.1, 0.15) is 0 Å². The highest BCUT2D eigenvalue weighted by Gasteiger charge is 2.30. The van der Waals surface area contributed by atoms with E-state index in [0.717, 1.165) is 25.9 Å². The number of aliphatic hydroxyl groups is 1. The molecule has 1 amide bonds. The Balaban J connectivity index is 2.08. The number of nitrogens with one attached hydrogen (secondary N) is 1. The number of aliphatic hydroxyl groups excluding tert-OH is 1. The number of anilines is 1. The number of hydrogen-bond acceptors (Lipinski definition) is 3. The molecule has 4 heteroatoms. The molecule has 0 saturated carbocycles.